The number of nitrogens with one attached hydrogen (secondary N) is 1. The summed E-state index contributed by atoms with van der Waals surface area (Å²) in [5, 5.41) is 14.3. The summed E-state index contributed by atoms with van der Waals surface area (Å²) in [4.78, 5) is 40.2. The number of fused-ring (bicyclic) bond motifs is 2. The van der Waals surface area contributed by atoms with Crippen molar-refractivity contribution in [1.29, 1.82) is 0 Å². The number of allylic oxidation sites excluding steroid dienone is 2. The number of esters is 1. The predicted molar refractivity (Wildman–Crippen MR) is 84.2 cm³/mol. The van der Waals surface area contributed by atoms with Gasteiger partial charge >= 0.3 is 5.97 Å². The maximum absolute atomic E-state index is 12.5. The first-order valence-corrected chi connectivity index (χ1v) is 8.58. The molecule has 4 unspecified atom stereocenters. The van der Waals surface area contributed by atoms with Crippen LogP contribution in [0.1, 0.15) is 28.7 Å². The smallest absolute Gasteiger partial charge is 0.350 e. The highest BCUT2D eigenvalue weighted by Gasteiger charge is 2.48. The molecular weight excluding hydrogens is 332 g/mol. The quantitative estimate of drug-likeness (QED) is 0.621. The lowest BCUT2D eigenvalue weighted by Gasteiger charge is -2.27. The second kappa shape index (κ2) is 6.35. The number of carboxylic acids is 1. The highest BCUT2D eigenvalue weighted by Crippen LogP contribution is 2.48. The Labute approximate surface area is 142 Å². The molecule has 2 aliphatic rings. The summed E-state index contributed by atoms with van der Waals surface area (Å²) in [5.74, 6) is -3.80. The average Bonchev–Trinajstić information content (AvgIpc) is 3.20. The van der Waals surface area contributed by atoms with E-state index in [0.29, 0.717) is 17.0 Å². The van der Waals surface area contributed by atoms with Crippen molar-refractivity contribution in [2.24, 2.45) is 23.7 Å². The molecule has 1 aromatic heterocycles. The van der Waals surface area contributed by atoms with E-state index in [1.807, 2.05) is 12.2 Å². The van der Waals surface area contributed by atoms with Crippen LogP contribution < -0.4 is 10.4 Å². The molecule has 0 aromatic carbocycles. The average molecular weight is 349 g/mol. The zero-order chi connectivity index (χ0) is 17.4. The van der Waals surface area contributed by atoms with Crippen molar-refractivity contribution in [2.45, 2.75) is 20.3 Å². The largest absolute Gasteiger partial charge is 0.550 e. The van der Waals surface area contributed by atoms with Crippen LogP contribution in [0, 0.1) is 30.6 Å². The van der Waals surface area contributed by atoms with Crippen LogP contribution >= 0.6 is 11.3 Å². The number of thiazole rings is 1. The summed E-state index contributed by atoms with van der Waals surface area (Å²) in [6.07, 6.45) is 4.40. The topological polar surface area (TPSA) is 108 Å². The van der Waals surface area contributed by atoms with Crippen molar-refractivity contribution in [3.05, 3.63) is 22.7 Å². The van der Waals surface area contributed by atoms with Crippen LogP contribution in [0.25, 0.3) is 0 Å². The minimum atomic E-state index is -1.20. The van der Waals surface area contributed by atoms with Crippen LogP contribution in [0.3, 0.4) is 0 Å². The molecule has 2 aliphatic carbocycles. The fourth-order valence-electron chi connectivity index (χ4n) is 3.53. The van der Waals surface area contributed by atoms with E-state index in [1.54, 1.807) is 13.8 Å². The number of anilines is 1. The van der Waals surface area contributed by atoms with Gasteiger partial charge < -0.3 is 20.0 Å². The number of carbonyl (C=O) groups is 3. The number of carbonyl (C=O) groups excluding carboxylic acids is 3. The second-order valence-electron chi connectivity index (χ2n) is 5.96. The number of carboxylic acid groups (broad SMARTS) is 1. The molecule has 1 N–H and O–H groups in total. The molecular formula is C16H17N2O5S-. The van der Waals surface area contributed by atoms with E-state index >= 15 is 0 Å². The minimum absolute atomic E-state index is 0.0940. The SMILES string of the molecule is CCOC(=O)c1sc(NC(=O)C2C3C=CC(C3)C2C(=O)[O-])nc1C. The first kappa shape index (κ1) is 16.6. The van der Waals surface area contributed by atoms with Crippen LogP contribution in [0.15, 0.2) is 12.2 Å². The number of hydrogen-bond donors (Lipinski definition) is 1. The molecule has 0 aliphatic heterocycles. The Kier molecular flexibility index (Phi) is 4.40. The van der Waals surface area contributed by atoms with Crippen molar-refractivity contribution < 1.29 is 24.2 Å². The summed E-state index contributed by atoms with van der Waals surface area (Å²) < 4.78 is 4.94. The number of rotatable bonds is 5. The van der Waals surface area contributed by atoms with Gasteiger partial charge in [-0.3, -0.25) is 4.79 Å². The minimum Gasteiger partial charge on any atom is -0.550 e. The zero-order valence-electron chi connectivity index (χ0n) is 13.3. The molecule has 0 saturated heterocycles. The lowest BCUT2D eigenvalue weighted by molar-refractivity contribution is -0.313. The second-order valence-corrected chi connectivity index (χ2v) is 6.96. The molecule has 24 heavy (non-hydrogen) atoms. The third-order valence-electron chi connectivity index (χ3n) is 4.52. The molecule has 1 heterocycles. The Morgan fingerprint density at radius 1 is 1.33 bits per heavy atom. The maximum Gasteiger partial charge on any atom is 0.350 e. The molecule has 4 atom stereocenters. The van der Waals surface area contributed by atoms with E-state index in [1.165, 1.54) is 0 Å². The Balaban J connectivity index is 1.76. The van der Waals surface area contributed by atoms with Crippen molar-refractivity contribution in [2.75, 3.05) is 11.9 Å². The summed E-state index contributed by atoms with van der Waals surface area (Å²) in [6, 6.07) is 0. The van der Waals surface area contributed by atoms with Gasteiger partial charge in [0.25, 0.3) is 0 Å². The molecule has 2 bridgehead atoms. The van der Waals surface area contributed by atoms with Gasteiger partial charge in [-0.05, 0) is 32.1 Å². The van der Waals surface area contributed by atoms with Gasteiger partial charge in [-0.25, -0.2) is 9.78 Å². The molecule has 0 radical (unpaired) electrons. The van der Waals surface area contributed by atoms with Crippen molar-refractivity contribution >= 4 is 34.3 Å². The van der Waals surface area contributed by atoms with E-state index in [4.69, 9.17) is 4.74 Å². The number of ether oxygens (including phenoxy) is 1. The highest BCUT2D eigenvalue weighted by atomic mass is 32.1. The lowest BCUT2D eigenvalue weighted by Crippen LogP contribution is -2.42. The van der Waals surface area contributed by atoms with Crippen LogP contribution in [0.2, 0.25) is 0 Å². The summed E-state index contributed by atoms with van der Waals surface area (Å²) >= 11 is 1.03. The summed E-state index contributed by atoms with van der Waals surface area (Å²) in [6.45, 7) is 3.62. The van der Waals surface area contributed by atoms with Gasteiger partial charge in [0.1, 0.15) is 4.88 Å². The molecule has 1 saturated carbocycles. The van der Waals surface area contributed by atoms with E-state index in [0.717, 1.165) is 11.3 Å². The molecule has 1 aromatic rings. The van der Waals surface area contributed by atoms with Crippen LogP contribution in [-0.2, 0) is 14.3 Å². The number of aliphatic carboxylic acids is 1. The molecule has 8 heteroatoms. The van der Waals surface area contributed by atoms with Crippen molar-refractivity contribution in [3.63, 3.8) is 0 Å². The van der Waals surface area contributed by atoms with E-state index in [2.05, 4.69) is 10.3 Å². The fraction of sp³-hybridized carbons (Fsp3) is 0.500. The van der Waals surface area contributed by atoms with Gasteiger partial charge in [0.15, 0.2) is 5.13 Å². The highest BCUT2D eigenvalue weighted by molar-refractivity contribution is 7.17. The third-order valence-corrected chi connectivity index (χ3v) is 5.57. The lowest BCUT2D eigenvalue weighted by atomic mass is 9.82. The summed E-state index contributed by atoms with van der Waals surface area (Å²) in [7, 11) is 0. The molecule has 1 amide bonds. The van der Waals surface area contributed by atoms with Crippen LogP contribution in [0.4, 0.5) is 5.13 Å². The Morgan fingerprint density at radius 2 is 2.00 bits per heavy atom. The zero-order valence-corrected chi connectivity index (χ0v) is 14.1. The van der Waals surface area contributed by atoms with E-state index in [-0.39, 0.29) is 23.6 Å². The monoisotopic (exact) mass is 349 g/mol. The maximum atomic E-state index is 12.5. The van der Waals surface area contributed by atoms with Gasteiger partial charge in [0, 0.05) is 11.9 Å². The first-order chi connectivity index (χ1) is 11.4. The van der Waals surface area contributed by atoms with Crippen LogP contribution in [-0.4, -0.2) is 29.4 Å². The van der Waals surface area contributed by atoms with Gasteiger partial charge in [0.05, 0.1) is 18.2 Å². The number of hydrogen-bond acceptors (Lipinski definition) is 7. The Hall–Kier alpha value is -2.22. The van der Waals surface area contributed by atoms with Gasteiger partial charge in [-0.15, -0.1) is 0 Å². The molecule has 0 spiro atoms. The first-order valence-electron chi connectivity index (χ1n) is 7.77. The van der Waals surface area contributed by atoms with Gasteiger partial charge in [0.2, 0.25) is 5.91 Å². The number of aromatic nitrogens is 1. The van der Waals surface area contributed by atoms with Crippen molar-refractivity contribution in [3.8, 4) is 0 Å². The normalized spacial score (nSPS) is 27.2. The van der Waals surface area contributed by atoms with E-state index < -0.39 is 29.7 Å². The Bertz CT molecular complexity index is 726. The van der Waals surface area contributed by atoms with Gasteiger partial charge in [-0.2, -0.15) is 0 Å². The Morgan fingerprint density at radius 3 is 2.62 bits per heavy atom. The van der Waals surface area contributed by atoms with E-state index in [9.17, 15) is 19.5 Å². The predicted octanol–water partition coefficient (Wildman–Crippen LogP) is 0.755. The summed E-state index contributed by atoms with van der Waals surface area (Å²) in [5.41, 5.74) is 0.470. The number of nitrogens with zero attached hydrogens (tertiary/aromatic N) is 1. The van der Waals surface area contributed by atoms with Crippen molar-refractivity contribution in [1.82, 2.24) is 4.98 Å². The van der Waals surface area contributed by atoms with Gasteiger partial charge in [-0.1, -0.05) is 23.5 Å². The fourth-order valence-corrected chi connectivity index (χ4v) is 4.39. The molecule has 128 valence electrons. The van der Waals surface area contributed by atoms with Crippen LogP contribution in [0.5, 0.6) is 0 Å². The molecule has 3 rings (SSSR count). The number of aryl methyl sites for hydroxylation is 1. The number of amides is 1. The third kappa shape index (κ3) is 2.82. The molecule has 1 fully saturated rings. The molecule has 7 nitrogen and oxygen atoms in total. The standard InChI is InChI=1S/C16H18N2O5S/c1-3-23-15(22)12-7(2)17-16(24-12)18-13(19)10-8-4-5-9(6-8)11(10)14(20)21/h4-5,8-11H,3,6H2,1-2H3,(H,20,21)(H,17,18,19)/p-1.